The van der Waals surface area contributed by atoms with Crippen molar-refractivity contribution in [1.82, 2.24) is 9.88 Å². The topological polar surface area (TPSA) is 73.7 Å². The van der Waals surface area contributed by atoms with Gasteiger partial charge in [-0.1, -0.05) is 5.92 Å². The van der Waals surface area contributed by atoms with Crippen molar-refractivity contribution in [3.63, 3.8) is 0 Å². The zero-order valence-electron chi connectivity index (χ0n) is 18.1. The van der Waals surface area contributed by atoms with Gasteiger partial charge in [-0.05, 0) is 98.1 Å². The van der Waals surface area contributed by atoms with Crippen LogP contribution in [0.2, 0.25) is 0 Å². The van der Waals surface area contributed by atoms with Crippen LogP contribution >= 0.6 is 15.9 Å². The Kier molecular flexibility index (Phi) is 6.91. The molecule has 1 aliphatic rings. The number of aromatic nitrogens is 1. The predicted molar refractivity (Wildman–Crippen MR) is 120 cm³/mol. The average molecular weight is 507 g/mol. The maximum atomic E-state index is 13.8. The van der Waals surface area contributed by atoms with Crippen LogP contribution in [0.5, 0.6) is 0 Å². The summed E-state index contributed by atoms with van der Waals surface area (Å²) < 4.78 is 28.2. The number of hydrogen-bond donors (Lipinski definition) is 2. The average Bonchev–Trinajstić information content (AvgIpc) is 2.63. The van der Waals surface area contributed by atoms with Gasteiger partial charge < -0.3 is 10.2 Å². The van der Waals surface area contributed by atoms with E-state index in [0.29, 0.717) is 34.3 Å². The molecule has 170 valence electrons. The molecule has 1 aromatic carbocycles. The molecule has 5 nitrogen and oxygen atoms in total. The lowest BCUT2D eigenvalue weighted by Crippen LogP contribution is -2.48. The van der Waals surface area contributed by atoms with E-state index in [0.717, 1.165) is 12.5 Å². The van der Waals surface area contributed by atoms with Crippen LogP contribution in [-0.2, 0) is 6.42 Å². The molecule has 1 unspecified atom stereocenters. The molecule has 2 aromatic rings. The highest BCUT2D eigenvalue weighted by atomic mass is 79.9. The van der Waals surface area contributed by atoms with Crippen LogP contribution < -0.4 is 0 Å². The third-order valence-corrected chi connectivity index (χ3v) is 6.06. The molecule has 1 heterocycles. The fourth-order valence-corrected chi connectivity index (χ4v) is 4.21. The first-order valence-corrected chi connectivity index (χ1v) is 11.1. The number of hydrogen-bond acceptors (Lipinski definition) is 3. The number of aliphatic hydroxyl groups is 1. The molecule has 1 aromatic heterocycles. The molecular weight excluding hydrogens is 482 g/mol. The first-order chi connectivity index (χ1) is 14.9. The molecule has 1 fully saturated rings. The van der Waals surface area contributed by atoms with Gasteiger partial charge in [-0.15, -0.1) is 0 Å². The van der Waals surface area contributed by atoms with Crippen molar-refractivity contribution in [3.8, 4) is 11.8 Å². The highest BCUT2D eigenvalue weighted by Gasteiger charge is 2.36. The van der Waals surface area contributed by atoms with Crippen molar-refractivity contribution in [2.75, 3.05) is 0 Å². The van der Waals surface area contributed by atoms with Gasteiger partial charge in [-0.3, -0.25) is 4.90 Å². The number of carbonyl (C=O) groups is 1. The number of nitrogens with zero attached hydrogens (tertiary/aromatic N) is 2. The van der Waals surface area contributed by atoms with Crippen molar-refractivity contribution < 1.29 is 23.8 Å². The fraction of sp³-hybridized carbons (Fsp3) is 0.417. The molecule has 8 heteroatoms. The zero-order chi connectivity index (χ0) is 23.7. The molecule has 0 spiro atoms. The predicted octanol–water partition coefficient (Wildman–Crippen LogP) is 5.45. The summed E-state index contributed by atoms with van der Waals surface area (Å²) in [5, 5.41) is 20.3. The number of rotatable bonds is 4. The van der Waals surface area contributed by atoms with Crippen LogP contribution in [-0.4, -0.2) is 37.3 Å². The molecule has 0 radical (unpaired) electrons. The number of benzene rings is 1. The first kappa shape index (κ1) is 24.1. The Morgan fingerprint density at radius 3 is 2.38 bits per heavy atom. The van der Waals surface area contributed by atoms with E-state index < -0.39 is 34.9 Å². The van der Waals surface area contributed by atoms with Crippen LogP contribution in [0, 0.1) is 23.5 Å². The third kappa shape index (κ3) is 5.64. The van der Waals surface area contributed by atoms with Gasteiger partial charge in [0.15, 0.2) is 0 Å². The molecule has 1 atom stereocenters. The Labute approximate surface area is 194 Å². The summed E-state index contributed by atoms with van der Waals surface area (Å²) in [5.74, 6) is 4.25. The van der Waals surface area contributed by atoms with E-state index in [-0.39, 0.29) is 6.42 Å². The maximum Gasteiger partial charge on any atom is 0.408 e. The standard InChI is InChI=1S/C24H25BrF2N2O3/c1-23(2,3)29(22(30)31)20(13-15-11-16(26)14-17(27)12-15)21-19(25)6-5-18(28-21)7-10-24(32)8-4-9-24/h5-6,11-12,14,20,32H,4,8-9,13H2,1-3H3,(H,30,31). The Hall–Kier alpha value is -2.50. The number of carboxylic acid groups (broad SMARTS) is 1. The smallest absolute Gasteiger partial charge is 0.408 e. The van der Waals surface area contributed by atoms with Crippen LogP contribution in [0.4, 0.5) is 13.6 Å². The lowest BCUT2D eigenvalue weighted by Gasteiger charge is -2.39. The molecule has 0 aliphatic heterocycles. The molecule has 0 bridgehead atoms. The molecular formula is C24H25BrF2N2O3. The molecule has 3 rings (SSSR count). The fourth-order valence-electron chi connectivity index (χ4n) is 3.73. The lowest BCUT2D eigenvalue weighted by molar-refractivity contribution is 0.0239. The van der Waals surface area contributed by atoms with E-state index in [2.05, 4.69) is 32.8 Å². The number of amides is 1. The van der Waals surface area contributed by atoms with E-state index in [1.54, 1.807) is 32.9 Å². The second-order valence-electron chi connectivity index (χ2n) is 9.02. The van der Waals surface area contributed by atoms with Gasteiger partial charge in [0.05, 0.1) is 11.7 Å². The molecule has 1 aliphatic carbocycles. The molecule has 0 saturated heterocycles. The van der Waals surface area contributed by atoms with Gasteiger partial charge in [-0.25, -0.2) is 18.6 Å². The third-order valence-electron chi connectivity index (χ3n) is 5.38. The van der Waals surface area contributed by atoms with Crippen molar-refractivity contribution in [2.24, 2.45) is 0 Å². The minimum absolute atomic E-state index is 0.00463. The summed E-state index contributed by atoms with van der Waals surface area (Å²) in [7, 11) is 0. The summed E-state index contributed by atoms with van der Waals surface area (Å²) in [6.07, 6.45) is 0.940. The quantitative estimate of drug-likeness (QED) is 0.540. The molecule has 1 amide bonds. The summed E-state index contributed by atoms with van der Waals surface area (Å²) in [6.45, 7) is 5.22. The van der Waals surface area contributed by atoms with Crippen molar-refractivity contribution in [2.45, 2.75) is 63.6 Å². The first-order valence-electron chi connectivity index (χ1n) is 10.3. The van der Waals surface area contributed by atoms with E-state index in [9.17, 15) is 23.8 Å². The van der Waals surface area contributed by atoms with E-state index >= 15 is 0 Å². The summed E-state index contributed by atoms with van der Waals surface area (Å²) in [5.41, 5.74) is -0.785. The number of pyridine rings is 1. The minimum atomic E-state index is -1.19. The van der Waals surface area contributed by atoms with Crippen LogP contribution in [0.15, 0.2) is 34.8 Å². The van der Waals surface area contributed by atoms with Gasteiger partial charge in [0.25, 0.3) is 0 Å². The van der Waals surface area contributed by atoms with Gasteiger partial charge in [0.2, 0.25) is 0 Å². The van der Waals surface area contributed by atoms with Gasteiger partial charge >= 0.3 is 6.09 Å². The van der Waals surface area contributed by atoms with Gasteiger partial charge in [0.1, 0.15) is 22.9 Å². The van der Waals surface area contributed by atoms with Crippen molar-refractivity contribution >= 4 is 22.0 Å². The Bertz CT molecular complexity index is 1060. The second kappa shape index (κ2) is 9.16. The van der Waals surface area contributed by atoms with Crippen LogP contribution in [0.25, 0.3) is 0 Å². The maximum absolute atomic E-state index is 13.8. The van der Waals surface area contributed by atoms with E-state index in [1.165, 1.54) is 17.0 Å². The summed E-state index contributed by atoms with van der Waals surface area (Å²) >= 11 is 3.45. The Morgan fingerprint density at radius 1 is 1.25 bits per heavy atom. The molecule has 1 saturated carbocycles. The highest BCUT2D eigenvalue weighted by Crippen LogP contribution is 2.35. The van der Waals surface area contributed by atoms with Gasteiger partial charge in [0, 0.05) is 16.1 Å². The zero-order valence-corrected chi connectivity index (χ0v) is 19.7. The summed E-state index contributed by atoms with van der Waals surface area (Å²) in [6, 6.07) is 5.66. The monoisotopic (exact) mass is 506 g/mol. The summed E-state index contributed by atoms with van der Waals surface area (Å²) in [4.78, 5) is 18.0. The molecule has 32 heavy (non-hydrogen) atoms. The SMILES string of the molecule is CC(C)(C)N(C(=O)O)C(Cc1cc(F)cc(F)c1)c1nc(C#CC2(O)CCC2)ccc1Br. The Balaban J connectivity index is 2.09. The second-order valence-corrected chi connectivity index (χ2v) is 9.87. The van der Waals surface area contributed by atoms with Crippen molar-refractivity contribution in [1.29, 1.82) is 0 Å². The van der Waals surface area contributed by atoms with Gasteiger partial charge in [-0.2, -0.15) is 0 Å². The van der Waals surface area contributed by atoms with Crippen LogP contribution in [0.1, 0.15) is 63.0 Å². The van der Waals surface area contributed by atoms with E-state index in [4.69, 9.17) is 0 Å². The minimum Gasteiger partial charge on any atom is -0.465 e. The van der Waals surface area contributed by atoms with Crippen molar-refractivity contribution in [3.05, 3.63) is 63.4 Å². The van der Waals surface area contributed by atoms with Crippen LogP contribution in [0.3, 0.4) is 0 Å². The highest BCUT2D eigenvalue weighted by molar-refractivity contribution is 9.10. The Morgan fingerprint density at radius 2 is 1.88 bits per heavy atom. The molecule has 2 N–H and O–H groups in total. The van der Waals surface area contributed by atoms with E-state index in [1.807, 2.05) is 0 Å². The largest absolute Gasteiger partial charge is 0.465 e. The number of halogens is 3. The lowest BCUT2D eigenvalue weighted by atomic mass is 9.81. The normalized spacial score (nSPS) is 15.8.